The van der Waals surface area contributed by atoms with Crippen molar-refractivity contribution in [2.45, 2.75) is 13.2 Å². The topological polar surface area (TPSA) is 39.2 Å². The number of ether oxygens (including phenoxy) is 1. The van der Waals surface area contributed by atoms with E-state index in [4.69, 9.17) is 4.74 Å². The van der Waals surface area contributed by atoms with Gasteiger partial charge in [0.2, 0.25) is 0 Å². The van der Waals surface area contributed by atoms with E-state index in [1.54, 1.807) is 12.4 Å². The van der Waals surface area contributed by atoms with Gasteiger partial charge in [0, 0.05) is 28.9 Å². The third kappa shape index (κ3) is 2.03. The zero-order valence-electron chi connectivity index (χ0n) is 11.4. The summed E-state index contributed by atoms with van der Waals surface area (Å²) in [4.78, 5) is 16.9. The molecule has 0 radical (unpaired) electrons. The predicted octanol–water partition coefficient (Wildman–Crippen LogP) is 3.50. The van der Waals surface area contributed by atoms with E-state index in [1.807, 2.05) is 42.5 Å². The fraction of sp³-hybridized carbons (Fsp3) is 0.111. The van der Waals surface area contributed by atoms with Crippen LogP contribution in [0.25, 0.3) is 10.8 Å². The molecular weight excluding hydrogens is 262 g/mol. The van der Waals surface area contributed by atoms with Crippen molar-refractivity contribution in [3.05, 3.63) is 77.1 Å². The first-order chi connectivity index (χ1) is 10.3. The molecule has 0 N–H and O–H groups in total. The molecule has 0 unspecified atom stereocenters. The van der Waals surface area contributed by atoms with E-state index in [0.29, 0.717) is 24.3 Å². The lowest BCUT2D eigenvalue weighted by atomic mass is 9.96. The molecule has 0 spiro atoms. The lowest BCUT2D eigenvalue weighted by Gasteiger charge is -2.07. The summed E-state index contributed by atoms with van der Waals surface area (Å²) in [6.07, 6.45) is 3.50. The van der Waals surface area contributed by atoms with Crippen LogP contribution in [0, 0.1) is 0 Å². The maximum absolute atomic E-state index is 12.8. The van der Waals surface area contributed by atoms with E-state index in [2.05, 4.69) is 4.98 Å². The van der Waals surface area contributed by atoms with Gasteiger partial charge in [0.1, 0.15) is 0 Å². The summed E-state index contributed by atoms with van der Waals surface area (Å²) in [6.45, 7) is 1.24. The van der Waals surface area contributed by atoms with Gasteiger partial charge < -0.3 is 4.74 Å². The molecule has 0 atom stereocenters. The van der Waals surface area contributed by atoms with Gasteiger partial charge in [-0.3, -0.25) is 9.78 Å². The number of pyridine rings is 1. The number of aromatic nitrogens is 1. The first-order valence-electron chi connectivity index (χ1n) is 6.90. The molecule has 3 nitrogen and oxygen atoms in total. The predicted molar refractivity (Wildman–Crippen MR) is 80.1 cm³/mol. The summed E-state index contributed by atoms with van der Waals surface area (Å²) in [6, 6.07) is 13.4. The van der Waals surface area contributed by atoms with Gasteiger partial charge in [-0.05, 0) is 28.6 Å². The third-order valence-corrected chi connectivity index (χ3v) is 3.91. The Bertz CT molecular complexity index is 849. The number of hydrogen-bond acceptors (Lipinski definition) is 3. The van der Waals surface area contributed by atoms with Crippen LogP contribution in [0.5, 0.6) is 0 Å². The second-order valence-electron chi connectivity index (χ2n) is 5.21. The number of carbonyl (C=O) groups is 1. The zero-order valence-corrected chi connectivity index (χ0v) is 11.4. The number of benzene rings is 2. The number of fused-ring (bicyclic) bond motifs is 2. The highest BCUT2D eigenvalue weighted by Gasteiger charge is 2.16. The highest BCUT2D eigenvalue weighted by molar-refractivity contribution is 6.16. The van der Waals surface area contributed by atoms with Crippen LogP contribution in [0.3, 0.4) is 0 Å². The van der Waals surface area contributed by atoms with E-state index < -0.39 is 0 Å². The fourth-order valence-electron chi connectivity index (χ4n) is 2.79. The van der Waals surface area contributed by atoms with E-state index in [0.717, 1.165) is 16.3 Å². The molecule has 0 bridgehead atoms. The average molecular weight is 275 g/mol. The molecule has 1 aliphatic rings. The Balaban J connectivity index is 1.83. The number of ketones is 1. The van der Waals surface area contributed by atoms with Gasteiger partial charge in [-0.15, -0.1) is 0 Å². The van der Waals surface area contributed by atoms with Crippen molar-refractivity contribution >= 4 is 16.6 Å². The third-order valence-electron chi connectivity index (χ3n) is 3.91. The standard InChI is InChI=1S/C18H13NO2/c20-18(12-4-5-14-10-21-11-15(14)8-12)17-3-1-2-13-9-19-7-6-16(13)17/h1-9H,10-11H2. The van der Waals surface area contributed by atoms with Crippen LogP contribution in [-0.4, -0.2) is 10.8 Å². The molecule has 0 fully saturated rings. The molecule has 2 heterocycles. The largest absolute Gasteiger partial charge is 0.372 e. The van der Waals surface area contributed by atoms with Gasteiger partial charge in [0.25, 0.3) is 0 Å². The molecule has 102 valence electrons. The Labute approximate surface area is 122 Å². The summed E-state index contributed by atoms with van der Waals surface area (Å²) in [5, 5.41) is 1.92. The molecule has 0 saturated heterocycles. The first kappa shape index (κ1) is 12.2. The lowest BCUT2D eigenvalue weighted by molar-refractivity contribution is 0.104. The molecule has 4 rings (SSSR count). The second-order valence-corrected chi connectivity index (χ2v) is 5.21. The van der Waals surface area contributed by atoms with E-state index in [9.17, 15) is 4.79 Å². The van der Waals surface area contributed by atoms with Gasteiger partial charge in [-0.1, -0.05) is 30.3 Å². The summed E-state index contributed by atoms with van der Waals surface area (Å²) < 4.78 is 5.41. The van der Waals surface area contributed by atoms with Crippen LogP contribution in [0.1, 0.15) is 27.0 Å². The van der Waals surface area contributed by atoms with Crippen LogP contribution in [0.4, 0.5) is 0 Å². The summed E-state index contributed by atoms with van der Waals surface area (Å²) in [5.41, 5.74) is 3.72. The molecule has 3 aromatic rings. The number of carbonyl (C=O) groups excluding carboxylic acids is 1. The van der Waals surface area contributed by atoms with Gasteiger partial charge in [-0.2, -0.15) is 0 Å². The highest BCUT2D eigenvalue weighted by Crippen LogP contribution is 2.24. The monoisotopic (exact) mass is 275 g/mol. The minimum atomic E-state index is 0.0431. The van der Waals surface area contributed by atoms with E-state index in [-0.39, 0.29) is 5.78 Å². The normalized spacial score (nSPS) is 13.3. The van der Waals surface area contributed by atoms with Gasteiger partial charge in [-0.25, -0.2) is 0 Å². The summed E-state index contributed by atoms with van der Waals surface area (Å²) in [5.74, 6) is 0.0431. The smallest absolute Gasteiger partial charge is 0.193 e. The summed E-state index contributed by atoms with van der Waals surface area (Å²) >= 11 is 0. The maximum Gasteiger partial charge on any atom is 0.193 e. The van der Waals surface area contributed by atoms with Crippen molar-refractivity contribution < 1.29 is 9.53 Å². The summed E-state index contributed by atoms with van der Waals surface area (Å²) in [7, 11) is 0. The average Bonchev–Trinajstić information content (AvgIpc) is 3.01. The highest BCUT2D eigenvalue weighted by atomic mass is 16.5. The minimum absolute atomic E-state index is 0.0431. The number of nitrogens with zero attached hydrogens (tertiary/aromatic N) is 1. The zero-order chi connectivity index (χ0) is 14.2. The van der Waals surface area contributed by atoms with Crippen LogP contribution >= 0.6 is 0 Å². The second kappa shape index (κ2) is 4.79. The number of rotatable bonds is 2. The molecule has 21 heavy (non-hydrogen) atoms. The Hall–Kier alpha value is -2.52. The van der Waals surface area contributed by atoms with E-state index in [1.165, 1.54) is 5.56 Å². The van der Waals surface area contributed by atoms with Crippen molar-refractivity contribution in [1.82, 2.24) is 4.98 Å². The van der Waals surface area contributed by atoms with Gasteiger partial charge in [0.05, 0.1) is 13.2 Å². The fourth-order valence-corrected chi connectivity index (χ4v) is 2.79. The molecule has 0 saturated carbocycles. The maximum atomic E-state index is 12.8. The Kier molecular flexibility index (Phi) is 2.79. The quantitative estimate of drug-likeness (QED) is 0.672. The Morgan fingerprint density at radius 3 is 2.90 bits per heavy atom. The molecule has 3 heteroatoms. The van der Waals surface area contributed by atoms with Crippen LogP contribution in [0.2, 0.25) is 0 Å². The van der Waals surface area contributed by atoms with Crippen LogP contribution in [0.15, 0.2) is 54.9 Å². The van der Waals surface area contributed by atoms with Gasteiger partial charge in [0.15, 0.2) is 5.78 Å². The minimum Gasteiger partial charge on any atom is -0.372 e. The van der Waals surface area contributed by atoms with Crippen LogP contribution < -0.4 is 0 Å². The Morgan fingerprint density at radius 1 is 1.05 bits per heavy atom. The SMILES string of the molecule is O=C(c1ccc2c(c1)COC2)c1cccc2cnccc12. The lowest BCUT2D eigenvalue weighted by Crippen LogP contribution is -2.03. The molecule has 2 aromatic carbocycles. The van der Waals surface area contributed by atoms with Crippen LogP contribution in [-0.2, 0) is 18.0 Å². The Morgan fingerprint density at radius 2 is 1.95 bits per heavy atom. The molecular formula is C18H13NO2. The van der Waals surface area contributed by atoms with Crippen molar-refractivity contribution in [3.63, 3.8) is 0 Å². The van der Waals surface area contributed by atoms with Gasteiger partial charge >= 0.3 is 0 Å². The van der Waals surface area contributed by atoms with Crippen molar-refractivity contribution in [1.29, 1.82) is 0 Å². The van der Waals surface area contributed by atoms with Crippen molar-refractivity contribution in [3.8, 4) is 0 Å². The number of hydrogen-bond donors (Lipinski definition) is 0. The van der Waals surface area contributed by atoms with Crippen molar-refractivity contribution in [2.24, 2.45) is 0 Å². The van der Waals surface area contributed by atoms with Crippen molar-refractivity contribution in [2.75, 3.05) is 0 Å². The molecule has 1 aliphatic heterocycles. The molecule has 0 aliphatic carbocycles. The first-order valence-corrected chi connectivity index (χ1v) is 6.90. The molecule has 1 aromatic heterocycles. The van der Waals surface area contributed by atoms with E-state index >= 15 is 0 Å². The molecule has 0 amide bonds.